The third-order valence-electron chi connectivity index (χ3n) is 5.06. The van der Waals surface area contributed by atoms with Crippen LogP contribution in [0, 0.1) is 0 Å². The van der Waals surface area contributed by atoms with Crippen molar-refractivity contribution in [3.8, 4) is 5.75 Å². The number of nitrogens with one attached hydrogen (secondary N) is 3. The summed E-state index contributed by atoms with van der Waals surface area (Å²) < 4.78 is 0. The lowest BCUT2D eigenvalue weighted by Crippen LogP contribution is -2.57. The zero-order valence-corrected chi connectivity index (χ0v) is 19.6. The maximum Gasteiger partial charge on any atom is 0.325 e. The van der Waals surface area contributed by atoms with Gasteiger partial charge in [-0.25, -0.2) is 0 Å². The summed E-state index contributed by atoms with van der Waals surface area (Å²) in [5.74, 6) is -5.85. The zero-order chi connectivity index (χ0) is 27.4. The number of carboxylic acid groups (broad SMARTS) is 2. The number of amides is 4. The fraction of sp³-hybridized carbons (Fsp3) is 0.455. The maximum atomic E-state index is 13.1. The number of carboxylic acids is 2. The molecule has 0 radical (unpaired) electrons. The van der Waals surface area contributed by atoms with Gasteiger partial charge in [-0.2, -0.15) is 0 Å². The highest BCUT2D eigenvalue weighted by Gasteiger charge is 2.30. The number of carbonyl (C=O) groups excluding carboxylic acids is 4. The fourth-order valence-electron chi connectivity index (χ4n) is 2.97. The first-order chi connectivity index (χ1) is 16.8. The first-order valence-electron chi connectivity index (χ1n) is 11.0. The Balaban J connectivity index is 3.10. The van der Waals surface area contributed by atoms with E-state index in [9.17, 15) is 33.9 Å². The largest absolute Gasteiger partial charge is 0.508 e. The zero-order valence-electron chi connectivity index (χ0n) is 19.6. The molecular weight excluding hydrogens is 478 g/mol. The molecule has 0 aliphatic heterocycles. The van der Waals surface area contributed by atoms with Crippen LogP contribution < -0.4 is 27.4 Å². The normalized spacial score (nSPS) is 13.9. The van der Waals surface area contributed by atoms with E-state index in [-0.39, 0.29) is 31.4 Å². The van der Waals surface area contributed by atoms with Gasteiger partial charge in [0.1, 0.15) is 23.9 Å². The fourth-order valence-corrected chi connectivity index (χ4v) is 2.97. The standard InChI is InChI=1S/C22H31N5O9/c1-11(22(35)36)25-20(33)15(7-9-18(30)31)26-21(34)16(10-12-2-4-13(28)5-3-12)27-19(32)14(23)6-8-17(24)29/h2-5,11,14-16,28H,6-10,23H2,1H3,(H2,24,29)(H,25,33)(H,26,34)(H,27,32)(H,30,31)(H,35,36). The van der Waals surface area contributed by atoms with Gasteiger partial charge in [0.05, 0.1) is 6.04 Å². The number of hydrogen-bond donors (Lipinski definition) is 8. The van der Waals surface area contributed by atoms with Gasteiger partial charge >= 0.3 is 11.9 Å². The first-order valence-corrected chi connectivity index (χ1v) is 11.0. The summed E-state index contributed by atoms with van der Waals surface area (Å²) in [6, 6.07) is 0.530. The number of phenolic OH excluding ortho intramolecular Hbond substituents is 1. The lowest BCUT2D eigenvalue weighted by molar-refractivity contribution is -0.142. The van der Waals surface area contributed by atoms with Gasteiger partial charge in [0, 0.05) is 19.3 Å². The molecule has 10 N–H and O–H groups in total. The number of carbonyl (C=O) groups is 6. The van der Waals surface area contributed by atoms with E-state index in [1.165, 1.54) is 31.2 Å². The number of rotatable bonds is 15. The van der Waals surface area contributed by atoms with Crippen molar-refractivity contribution in [2.24, 2.45) is 11.5 Å². The summed E-state index contributed by atoms with van der Waals surface area (Å²) >= 11 is 0. The molecule has 4 atom stereocenters. The molecule has 0 saturated carbocycles. The summed E-state index contributed by atoms with van der Waals surface area (Å²) in [6.45, 7) is 1.19. The number of aliphatic carboxylic acids is 2. The van der Waals surface area contributed by atoms with Gasteiger partial charge in [-0.3, -0.25) is 28.8 Å². The van der Waals surface area contributed by atoms with Crippen LogP contribution in [0.5, 0.6) is 5.75 Å². The highest BCUT2D eigenvalue weighted by atomic mass is 16.4. The maximum absolute atomic E-state index is 13.1. The van der Waals surface area contributed by atoms with E-state index >= 15 is 0 Å². The van der Waals surface area contributed by atoms with Crippen LogP contribution in [0.25, 0.3) is 0 Å². The molecular formula is C22H31N5O9. The average Bonchev–Trinajstić information content (AvgIpc) is 2.80. The molecule has 0 saturated heterocycles. The van der Waals surface area contributed by atoms with E-state index in [1.807, 2.05) is 0 Å². The van der Waals surface area contributed by atoms with Crippen molar-refractivity contribution in [3.05, 3.63) is 29.8 Å². The molecule has 4 unspecified atom stereocenters. The summed E-state index contributed by atoms with van der Waals surface area (Å²) in [5.41, 5.74) is 11.4. The summed E-state index contributed by atoms with van der Waals surface area (Å²) in [5, 5.41) is 34.4. The minimum atomic E-state index is -1.42. The molecule has 0 fully saturated rings. The second-order valence-electron chi connectivity index (χ2n) is 8.11. The van der Waals surface area contributed by atoms with Crippen molar-refractivity contribution in [1.82, 2.24) is 16.0 Å². The topological polar surface area (TPSA) is 251 Å². The number of aromatic hydroxyl groups is 1. The van der Waals surface area contributed by atoms with E-state index in [4.69, 9.17) is 21.7 Å². The molecule has 1 aromatic rings. The molecule has 0 heterocycles. The molecule has 4 amide bonds. The van der Waals surface area contributed by atoms with Gasteiger partial charge in [0.15, 0.2) is 0 Å². The number of benzene rings is 1. The van der Waals surface area contributed by atoms with Crippen molar-refractivity contribution in [3.63, 3.8) is 0 Å². The number of hydrogen-bond acceptors (Lipinski definition) is 8. The number of nitrogens with two attached hydrogens (primary N) is 2. The van der Waals surface area contributed by atoms with E-state index in [0.717, 1.165) is 0 Å². The number of primary amides is 1. The van der Waals surface area contributed by atoms with Crippen molar-refractivity contribution in [1.29, 1.82) is 0 Å². The Morgan fingerprint density at radius 3 is 1.92 bits per heavy atom. The molecule has 0 spiro atoms. The second-order valence-corrected chi connectivity index (χ2v) is 8.11. The van der Waals surface area contributed by atoms with Gasteiger partial charge in [-0.1, -0.05) is 12.1 Å². The Labute approximate surface area is 206 Å². The summed E-state index contributed by atoms with van der Waals surface area (Å²) in [7, 11) is 0. The smallest absolute Gasteiger partial charge is 0.325 e. The average molecular weight is 510 g/mol. The van der Waals surface area contributed by atoms with Crippen molar-refractivity contribution < 1.29 is 44.1 Å². The van der Waals surface area contributed by atoms with Crippen molar-refractivity contribution >= 4 is 35.6 Å². The Morgan fingerprint density at radius 1 is 0.833 bits per heavy atom. The van der Waals surface area contributed by atoms with Crippen LogP contribution in [0.1, 0.15) is 38.2 Å². The van der Waals surface area contributed by atoms with E-state index < -0.39 is 66.2 Å². The molecule has 0 bridgehead atoms. The van der Waals surface area contributed by atoms with E-state index in [2.05, 4.69) is 16.0 Å². The van der Waals surface area contributed by atoms with Crippen LogP contribution in [-0.4, -0.2) is 75.1 Å². The highest BCUT2D eigenvalue weighted by Crippen LogP contribution is 2.12. The van der Waals surface area contributed by atoms with Gasteiger partial charge in [-0.05, 0) is 37.5 Å². The highest BCUT2D eigenvalue weighted by molar-refractivity contribution is 5.94. The minimum Gasteiger partial charge on any atom is -0.508 e. The monoisotopic (exact) mass is 509 g/mol. The summed E-state index contributed by atoms with van der Waals surface area (Å²) in [4.78, 5) is 71.2. The molecule has 36 heavy (non-hydrogen) atoms. The lowest BCUT2D eigenvalue weighted by Gasteiger charge is -2.24. The SMILES string of the molecule is CC(NC(=O)C(CCC(=O)O)NC(=O)C(Cc1ccc(O)cc1)NC(=O)C(N)CCC(N)=O)C(=O)O. The van der Waals surface area contributed by atoms with E-state index in [1.54, 1.807) is 0 Å². The molecule has 0 aromatic heterocycles. The Morgan fingerprint density at radius 2 is 1.39 bits per heavy atom. The molecule has 1 aromatic carbocycles. The lowest BCUT2D eigenvalue weighted by atomic mass is 10.0. The van der Waals surface area contributed by atoms with Crippen molar-refractivity contribution in [2.45, 2.75) is 63.2 Å². The van der Waals surface area contributed by atoms with Gasteiger partial charge in [0.2, 0.25) is 23.6 Å². The third kappa shape index (κ3) is 10.8. The van der Waals surface area contributed by atoms with Crippen LogP contribution in [-0.2, 0) is 35.2 Å². The molecule has 14 nitrogen and oxygen atoms in total. The van der Waals surface area contributed by atoms with Crippen LogP contribution >= 0.6 is 0 Å². The van der Waals surface area contributed by atoms with Crippen LogP contribution in [0.3, 0.4) is 0 Å². The van der Waals surface area contributed by atoms with Gasteiger partial charge in [-0.15, -0.1) is 0 Å². The molecule has 0 aliphatic rings. The predicted octanol–water partition coefficient (Wildman–Crippen LogP) is -2.05. The van der Waals surface area contributed by atoms with Gasteiger partial charge < -0.3 is 42.7 Å². The predicted molar refractivity (Wildman–Crippen MR) is 124 cm³/mol. The quantitative estimate of drug-likeness (QED) is 0.128. The van der Waals surface area contributed by atoms with Crippen LogP contribution in [0.4, 0.5) is 0 Å². The van der Waals surface area contributed by atoms with Crippen LogP contribution in [0.15, 0.2) is 24.3 Å². The molecule has 0 aliphatic carbocycles. The van der Waals surface area contributed by atoms with Gasteiger partial charge in [0.25, 0.3) is 0 Å². The molecule has 198 valence electrons. The molecule has 14 heteroatoms. The minimum absolute atomic E-state index is 0.0322. The second kappa shape index (κ2) is 14.3. The van der Waals surface area contributed by atoms with E-state index in [0.29, 0.717) is 5.56 Å². The van der Waals surface area contributed by atoms with Crippen LogP contribution in [0.2, 0.25) is 0 Å². The third-order valence-corrected chi connectivity index (χ3v) is 5.06. The Kier molecular flexibility index (Phi) is 11.8. The summed E-state index contributed by atoms with van der Waals surface area (Å²) in [6.07, 6.45) is -1.20. The Bertz CT molecular complexity index is 967. The number of phenols is 1. The van der Waals surface area contributed by atoms with Crippen molar-refractivity contribution in [2.75, 3.05) is 0 Å². The Hall–Kier alpha value is -4.20. The molecule has 1 rings (SSSR count). The first kappa shape index (κ1) is 29.8.